The summed E-state index contributed by atoms with van der Waals surface area (Å²) in [4.78, 5) is 18.1. The molecule has 1 heterocycles. The van der Waals surface area contributed by atoms with Gasteiger partial charge in [-0.3, -0.25) is 4.79 Å². The number of aromatic nitrogens is 1. The summed E-state index contributed by atoms with van der Waals surface area (Å²) in [5, 5.41) is 2.64. The van der Waals surface area contributed by atoms with E-state index in [1.807, 2.05) is 12.3 Å². The number of ether oxygens (including phenoxy) is 1. The average Bonchev–Trinajstić information content (AvgIpc) is 2.98. The predicted molar refractivity (Wildman–Crippen MR) is 75.6 cm³/mol. The summed E-state index contributed by atoms with van der Waals surface area (Å²) in [5.74, 6) is -0.789. The highest BCUT2D eigenvalue weighted by molar-refractivity contribution is 7.09. The van der Waals surface area contributed by atoms with Gasteiger partial charge in [0.15, 0.2) is 0 Å². The molecular formula is C14H15FN2O2S. The summed E-state index contributed by atoms with van der Waals surface area (Å²) in [6.45, 7) is 1.85. The summed E-state index contributed by atoms with van der Waals surface area (Å²) in [7, 11) is 3.04. The molecule has 1 amide bonds. The van der Waals surface area contributed by atoms with Crippen LogP contribution in [0.5, 0.6) is 5.75 Å². The van der Waals surface area contributed by atoms with Crippen LogP contribution in [0.2, 0.25) is 0 Å². The van der Waals surface area contributed by atoms with E-state index in [-0.39, 0.29) is 17.4 Å². The maximum absolute atomic E-state index is 13.9. The van der Waals surface area contributed by atoms with Gasteiger partial charge in [-0.2, -0.15) is 0 Å². The first-order valence-electron chi connectivity index (χ1n) is 6.05. The predicted octanol–water partition coefficient (Wildman–Crippen LogP) is 3.12. The molecule has 1 aromatic carbocycles. The number of benzene rings is 1. The van der Waals surface area contributed by atoms with Gasteiger partial charge in [0, 0.05) is 18.6 Å². The summed E-state index contributed by atoms with van der Waals surface area (Å²) < 4.78 is 19.0. The zero-order chi connectivity index (χ0) is 14.7. The van der Waals surface area contributed by atoms with Crippen molar-refractivity contribution in [1.29, 1.82) is 0 Å². The molecule has 2 rings (SSSR count). The van der Waals surface area contributed by atoms with Crippen molar-refractivity contribution < 1.29 is 13.9 Å². The van der Waals surface area contributed by atoms with Crippen LogP contribution in [0.4, 0.5) is 4.39 Å². The number of carbonyl (C=O) groups excluding carboxylic acids is 1. The van der Waals surface area contributed by atoms with Gasteiger partial charge in [-0.15, -0.1) is 11.3 Å². The molecule has 0 saturated heterocycles. The fourth-order valence-corrected chi connectivity index (χ4v) is 2.58. The number of rotatable bonds is 4. The standard InChI is InChI=1S/C14H15FN2O2S/c1-9(13-16-7-8-20-13)17(2)14(18)12-10(15)5-4-6-11(12)19-3/h4-9H,1-3H3/t9-/m1/s1. The average molecular weight is 294 g/mol. The van der Waals surface area contributed by atoms with Crippen molar-refractivity contribution in [2.45, 2.75) is 13.0 Å². The number of nitrogens with zero attached hydrogens (tertiary/aromatic N) is 2. The summed E-state index contributed by atoms with van der Waals surface area (Å²) in [5.41, 5.74) is -0.0547. The lowest BCUT2D eigenvalue weighted by molar-refractivity contribution is 0.0734. The maximum atomic E-state index is 13.9. The second-order valence-electron chi connectivity index (χ2n) is 4.28. The third-order valence-electron chi connectivity index (χ3n) is 3.12. The first-order chi connectivity index (χ1) is 9.56. The quantitative estimate of drug-likeness (QED) is 0.870. The molecule has 2 aromatic rings. The van der Waals surface area contributed by atoms with Crippen LogP contribution in [0.3, 0.4) is 0 Å². The molecular weight excluding hydrogens is 279 g/mol. The van der Waals surface area contributed by atoms with Crippen LogP contribution < -0.4 is 4.74 Å². The number of carbonyl (C=O) groups is 1. The minimum Gasteiger partial charge on any atom is -0.496 e. The number of amides is 1. The molecule has 0 spiro atoms. The van der Waals surface area contributed by atoms with Crippen LogP contribution in [-0.2, 0) is 0 Å². The smallest absolute Gasteiger partial charge is 0.260 e. The van der Waals surface area contributed by atoms with Crippen LogP contribution in [0.15, 0.2) is 29.8 Å². The fourth-order valence-electron chi connectivity index (χ4n) is 1.84. The van der Waals surface area contributed by atoms with E-state index >= 15 is 0 Å². The number of halogens is 1. The van der Waals surface area contributed by atoms with E-state index in [1.54, 1.807) is 19.3 Å². The second kappa shape index (κ2) is 6.00. The number of thiazole rings is 1. The molecule has 0 radical (unpaired) electrons. The molecule has 0 unspecified atom stereocenters. The zero-order valence-corrected chi connectivity index (χ0v) is 12.3. The monoisotopic (exact) mass is 294 g/mol. The Hall–Kier alpha value is -1.95. The Balaban J connectivity index is 2.32. The van der Waals surface area contributed by atoms with Gasteiger partial charge in [-0.1, -0.05) is 6.07 Å². The van der Waals surface area contributed by atoms with Gasteiger partial charge in [-0.05, 0) is 19.1 Å². The van der Waals surface area contributed by atoms with Crippen LogP contribution in [0.1, 0.15) is 28.3 Å². The van der Waals surface area contributed by atoms with Crippen molar-refractivity contribution in [3.05, 3.63) is 46.2 Å². The van der Waals surface area contributed by atoms with Crippen molar-refractivity contribution >= 4 is 17.2 Å². The lowest BCUT2D eigenvalue weighted by Gasteiger charge is -2.24. The summed E-state index contributed by atoms with van der Waals surface area (Å²) in [6, 6.07) is 4.09. The Bertz CT molecular complexity index is 601. The van der Waals surface area contributed by atoms with Crippen molar-refractivity contribution in [3.8, 4) is 5.75 Å². The molecule has 6 heteroatoms. The molecule has 106 valence electrons. The van der Waals surface area contributed by atoms with E-state index in [0.29, 0.717) is 0 Å². The molecule has 20 heavy (non-hydrogen) atoms. The number of methoxy groups -OCH3 is 1. The van der Waals surface area contributed by atoms with Crippen molar-refractivity contribution in [1.82, 2.24) is 9.88 Å². The Morgan fingerprint density at radius 3 is 2.85 bits per heavy atom. The van der Waals surface area contributed by atoms with E-state index in [0.717, 1.165) is 5.01 Å². The normalized spacial score (nSPS) is 12.0. The van der Waals surface area contributed by atoms with Crippen LogP contribution in [0.25, 0.3) is 0 Å². The van der Waals surface area contributed by atoms with E-state index < -0.39 is 11.7 Å². The second-order valence-corrected chi connectivity index (χ2v) is 5.21. The van der Waals surface area contributed by atoms with Gasteiger partial charge in [0.05, 0.1) is 13.2 Å². The SMILES string of the molecule is COc1cccc(F)c1C(=O)N(C)[C@H](C)c1nccs1. The summed E-state index contributed by atoms with van der Waals surface area (Å²) in [6.07, 6.45) is 1.68. The largest absolute Gasteiger partial charge is 0.496 e. The highest BCUT2D eigenvalue weighted by atomic mass is 32.1. The number of hydrogen-bond donors (Lipinski definition) is 0. The Labute approximate surface area is 120 Å². The molecule has 0 saturated carbocycles. The van der Waals surface area contributed by atoms with E-state index in [1.165, 1.54) is 35.5 Å². The molecule has 4 nitrogen and oxygen atoms in total. The van der Waals surface area contributed by atoms with E-state index in [4.69, 9.17) is 4.74 Å². The Morgan fingerprint density at radius 1 is 1.50 bits per heavy atom. The Kier molecular flexibility index (Phi) is 4.34. The van der Waals surface area contributed by atoms with Crippen molar-refractivity contribution in [3.63, 3.8) is 0 Å². The third kappa shape index (κ3) is 2.65. The van der Waals surface area contributed by atoms with Crippen molar-refractivity contribution in [2.75, 3.05) is 14.2 Å². The first kappa shape index (κ1) is 14.5. The highest BCUT2D eigenvalue weighted by Gasteiger charge is 2.25. The van der Waals surface area contributed by atoms with Crippen LogP contribution >= 0.6 is 11.3 Å². The Morgan fingerprint density at radius 2 is 2.25 bits per heavy atom. The van der Waals surface area contributed by atoms with Crippen LogP contribution in [-0.4, -0.2) is 29.9 Å². The van der Waals surface area contributed by atoms with E-state index in [2.05, 4.69) is 4.98 Å². The van der Waals surface area contributed by atoms with Gasteiger partial charge in [0.1, 0.15) is 22.1 Å². The molecule has 1 aromatic heterocycles. The van der Waals surface area contributed by atoms with Crippen molar-refractivity contribution in [2.24, 2.45) is 0 Å². The molecule has 0 N–H and O–H groups in total. The van der Waals surface area contributed by atoms with Gasteiger partial charge >= 0.3 is 0 Å². The first-order valence-corrected chi connectivity index (χ1v) is 6.93. The molecule has 0 fully saturated rings. The fraction of sp³-hybridized carbons (Fsp3) is 0.286. The highest BCUT2D eigenvalue weighted by Crippen LogP contribution is 2.27. The maximum Gasteiger partial charge on any atom is 0.260 e. The van der Waals surface area contributed by atoms with Gasteiger partial charge in [-0.25, -0.2) is 9.37 Å². The summed E-state index contributed by atoms with van der Waals surface area (Å²) >= 11 is 1.46. The third-order valence-corrected chi connectivity index (χ3v) is 4.07. The molecule has 1 atom stereocenters. The minimum absolute atomic E-state index is 0.0547. The molecule has 0 aliphatic carbocycles. The zero-order valence-electron chi connectivity index (χ0n) is 11.5. The molecule has 0 aliphatic rings. The lowest BCUT2D eigenvalue weighted by Crippen LogP contribution is -2.30. The molecule has 0 aliphatic heterocycles. The van der Waals surface area contributed by atoms with E-state index in [9.17, 15) is 9.18 Å². The van der Waals surface area contributed by atoms with Gasteiger partial charge in [0.25, 0.3) is 5.91 Å². The number of hydrogen-bond acceptors (Lipinski definition) is 4. The lowest BCUT2D eigenvalue weighted by atomic mass is 10.1. The molecule has 0 bridgehead atoms. The van der Waals surface area contributed by atoms with Gasteiger partial charge < -0.3 is 9.64 Å². The topological polar surface area (TPSA) is 42.4 Å². The van der Waals surface area contributed by atoms with Crippen LogP contribution in [0, 0.1) is 5.82 Å². The minimum atomic E-state index is -0.590. The van der Waals surface area contributed by atoms with Gasteiger partial charge in [0.2, 0.25) is 0 Å².